The first-order valence-corrected chi connectivity index (χ1v) is 6.07. The Morgan fingerprint density at radius 2 is 1.94 bits per heavy atom. The van der Waals surface area contributed by atoms with Crippen LogP contribution in [0.25, 0.3) is 0 Å². The van der Waals surface area contributed by atoms with Crippen LogP contribution in [-0.2, 0) is 6.42 Å². The lowest BCUT2D eigenvalue weighted by molar-refractivity contribution is 0.532. The highest BCUT2D eigenvalue weighted by Gasteiger charge is 2.00. The van der Waals surface area contributed by atoms with Gasteiger partial charge in [0.15, 0.2) is 0 Å². The standard InChI is InChI=1S/C14H19N3.ClH/c1-12(2)17-11-14(10-16-17)15-9-8-13-6-4-3-5-7-13;/h3-7,10-12,15H,8-9H2,1-2H3;1H. The third-order valence-corrected chi connectivity index (χ3v) is 2.72. The van der Waals surface area contributed by atoms with Crippen LogP contribution in [0.5, 0.6) is 0 Å². The SMILES string of the molecule is CC(C)n1cc(NCCc2ccccc2)cn1.Cl. The molecule has 0 bridgehead atoms. The summed E-state index contributed by atoms with van der Waals surface area (Å²) in [5.74, 6) is 0. The van der Waals surface area contributed by atoms with E-state index in [0.717, 1.165) is 18.7 Å². The number of rotatable bonds is 5. The summed E-state index contributed by atoms with van der Waals surface area (Å²) in [7, 11) is 0. The first kappa shape index (κ1) is 14.6. The van der Waals surface area contributed by atoms with Gasteiger partial charge in [-0.3, -0.25) is 4.68 Å². The zero-order chi connectivity index (χ0) is 12.1. The second-order valence-electron chi connectivity index (χ2n) is 4.47. The molecule has 0 fully saturated rings. The van der Waals surface area contributed by atoms with Crippen molar-refractivity contribution < 1.29 is 0 Å². The van der Waals surface area contributed by atoms with Crippen LogP contribution in [0.2, 0.25) is 0 Å². The molecule has 1 N–H and O–H groups in total. The molecule has 2 rings (SSSR count). The molecule has 0 aliphatic rings. The first-order valence-electron chi connectivity index (χ1n) is 6.07. The third kappa shape index (κ3) is 4.08. The highest BCUT2D eigenvalue weighted by Crippen LogP contribution is 2.10. The lowest BCUT2D eigenvalue weighted by Crippen LogP contribution is -2.04. The number of nitrogens with one attached hydrogen (secondary N) is 1. The predicted molar refractivity (Wildman–Crippen MR) is 78.5 cm³/mol. The fraction of sp³-hybridized carbons (Fsp3) is 0.357. The molecule has 98 valence electrons. The van der Waals surface area contributed by atoms with Gasteiger partial charge in [-0.25, -0.2) is 0 Å². The Labute approximate surface area is 115 Å². The van der Waals surface area contributed by atoms with Crippen molar-refractivity contribution in [3.63, 3.8) is 0 Å². The maximum absolute atomic E-state index is 4.30. The summed E-state index contributed by atoms with van der Waals surface area (Å²) in [4.78, 5) is 0. The summed E-state index contributed by atoms with van der Waals surface area (Å²) >= 11 is 0. The summed E-state index contributed by atoms with van der Waals surface area (Å²) in [6.07, 6.45) is 4.97. The number of aromatic nitrogens is 2. The number of hydrogen-bond acceptors (Lipinski definition) is 2. The lowest BCUT2D eigenvalue weighted by atomic mass is 10.1. The summed E-state index contributed by atoms with van der Waals surface area (Å²) in [5.41, 5.74) is 2.45. The van der Waals surface area contributed by atoms with E-state index in [1.807, 2.05) is 16.9 Å². The molecule has 0 aliphatic carbocycles. The fourth-order valence-corrected chi connectivity index (χ4v) is 1.71. The van der Waals surface area contributed by atoms with Gasteiger partial charge in [0.1, 0.15) is 0 Å². The molecule has 0 unspecified atom stereocenters. The van der Waals surface area contributed by atoms with Crippen LogP contribution in [-0.4, -0.2) is 16.3 Å². The summed E-state index contributed by atoms with van der Waals surface area (Å²) in [6, 6.07) is 10.9. The molecular weight excluding hydrogens is 246 g/mol. The van der Waals surface area contributed by atoms with Crippen LogP contribution in [0.15, 0.2) is 42.7 Å². The van der Waals surface area contributed by atoms with E-state index in [9.17, 15) is 0 Å². The Morgan fingerprint density at radius 3 is 2.56 bits per heavy atom. The van der Waals surface area contributed by atoms with Crippen LogP contribution < -0.4 is 5.32 Å². The quantitative estimate of drug-likeness (QED) is 0.896. The highest BCUT2D eigenvalue weighted by atomic mass is 35.5. The predicted octanol–water partition coefficient (Wildman–Crippen LogP) is 3.54. The topological polar surface area (TPSA) is 29.9 Å². The molecule has 0 aliphatic heterocycles. The van der Waals surface area contributed by atoms with E-state index in [1.54, 1.807) is 0 Å². The summed E-state index contributed by atoms with van der Waals surface area (Å²) < 4.78 is 1.96. The van der Waals surface area contributed by atoms with Gasteiger partial charge in [0.2, 0.25) is 0 Å². The maximum Gasteiger partial charge on any atom is 0.0726 e. The zero-order valence-corrected chi connectivity index (χ0v) is 11.7. The molecular formula is C14H20ClN3. The van der Waals surface area contributed by atoms with E-state index in [4.69, 9.17) is 0 Å². The molecule has 1 aromatic carbocycles. The van der Waals surface area contributed by atoms with Gasteiger partial charge in [-0.05, 0) is 25.8 Å². The van der Waals surface area contributed by atoms with Gasteiger partial charge in [-0.1, -0.05) is 30.3 Å². The second kappa shape index (κ2) is 7.07. The first-order chi connectivity index (χ1) is 8.25. The van der Waals surface area contributed by atoms with Crippen molar-refractivity contribution in [3.05, 3.63) is 48.3 Å². The van der Waals surface area contributed by atoms with Gasteiger partial charge < -0.3 is 5.32 Å². The minimum absolute atomic E-state index is 0. The van der Waals surface area contributed by atoms with E-state index in [-0.39, 0.29) is 12.4 Å². The molecule has 0 spiro atoms. The van der Waals surface area contributed by atoms with Gasteiger partial charge in [0, 0.05) is 18.8 Å². The van der Waals surface area contributed by atoms with Gasteiger partial charge in [0.05, 0.1) is 11.9 Å². The van der Waals surface area contributed by atoms with Gasteiger partial charge >= 0.3 is 0 Å². The highest BCUT2D eigenvalue weighted by molar-refractivity contribution is 5.85. The minimum Gasteiger partial charge on any atom is -0.382 e. The van der Waals surface area contributed by atoms with E-state index < -0.39 is 0 Å². The number of hydrogen-bond donors (Lipinski definition) is 1. The Bertz CT molecular complexity index is 451. The van der Waals surface area contributed by atoms with E-state index in [1.165, 1.54) is 5.56 Å². The summed E-state index contributed by atoms with van der Waals surface area (Å²) in [5, 5.41) is 7.68. The molecule has 1 heterocycles. The van der Waals surface area contributed by atoms with Crippen molar-refractivity contribution in [2.24, 2.45) is 0 Å². The normalized spacial score (nSPS) is 10.2. The van der Waals surface area contributed by atoms with E-state index in [0.29, 0.717) is 6.04 Å². The van der Waals surface area contributed by atoms with Gasteiger partial charge in [0.25, 0.3) is 0 Å². The molecule has 2 aromatic rings. The lowest BCUT2D eigenvalue weighted by Gasteiger charge is -2.05. The van der Waals surface area contributed by atoms with Crippen molar-refractivity contribution in [2.45, 2.75) is 26.3 Å². The maximum atomic E-state index is 4.30. The average Bonchev–Trinajstić information content (AvgIpc) is 2.79. The number of nitrogens with zero attached hydrogens (tertiary/aromatic N) is 2. The monoisotopic (exact) mass is 265 g/mol. The molecule has 3 nitrogen and oxygen atoms in total. The van der Waals surface area contributed by atoms with Crippen molar-refractivity contribution in [1.82, 2.24) is 9.78 Å². The smallest absolute Gasteiger partial charge is 0.0726 e. The minimum atomic E-state index is 0. The molecule has 0 atom stereocenters. The molecule has 0 saturated heterocycles. The Morgan fingerprint density at radius 1 is 1.22 bits per heavy atom. The largest absolute Gasteiger partial charge is 0.382 e. The molecule has 1 aromatic heterocycles. The van der Waals surface area contributed by atoms with Gasteiger partial charge in [-0.2, -0.15) is 5.10 Å². The van der Waals surface area contributed by atoms with Crippen molar-refractivity contribution in [1.29, 1.82) is 0 Å². The molecule has 4 heteroatoms. The van der Waals surface area contributed by atoms with E-state index >= 15 is 0 Å². The Balaban J connectivity index is 0.00000162. The molecule has 0 amide bonds. The third-order valence-electron chi connectivity index (χ3n) is 2.72. The number of anilines is 1. The van der Waals surface area contributed by atoms with Crippen molar-refractivity contribution in [3.8, 4) is 0 Å². The van der Waals surface area contributed by atoms with Crippen LogP contribution in [0, 0.1) is 0 Å². The zero-order valence-electron chi connectivity index (χ0n) is 10.8. The van der Waals surface area contributed by atoms with E-state index in [2.05, 4.69) is 54.7 Å². The average molecular weight is 266 g/mol. The number of halogens is 1. The Kier molecular flexibility index (Phi) is 5.72. The van der Waals surface area contributed by atoms with Gasteiger partial charge in [-0.15, -0.1) is 12.4 Å². The fourth-order valence-electron chi connectivity index (χ4n) is 1.71. The van der Waals surface area contributed by atoms with Crippen LogP contribution in [0.4, 0.5) is 5.69 Å². The molecule has 0 saturated carbocycles. The number of benzene rings is 1. The summed E-state index contributed by atoms with van der Waals surface area (Å²) in [6.45, 7) is 5.19. The Hall–Kier alpha value is -1.48. The van der Waals surface area contributed by atoms with Crippen LogP contribution in [0.3, 0.4) is 0 Å². The molecule has 18 heavy (non-hydrogen) atoms. The van der Waals surface area contributed by atoms with Crippen LogP contribution >= 0.6 is 12.4 Å². The molecule has 0 radical (unpaired) electrons. The second-order valence-corrected chi connectivity index (χ2v) is 4.47. The van der Waals surface area contributed by atoms with Crippen molar-refractivity contribution >= 4 is 18.1 Å². The van der Waals surface area contributed by atoms with Crippen LogP contribution in [0.1, 0.15) is 25.5 Å². The van der Waals surface area contributed by atoms with Crippen molar-refractivity contribution in [2.75, 3.05) is 11.9 Å².